The molecule has 0 unspecified atom stereocenters. The van der Waals surface area contributed by atoms with Gasteiger partial charge in [0, 0.05) is 23.1 Å². The van der Waals surface area contributed by atoms with Crippen molar-refractivity contribution in [2.75, 3.05) is 17.6 Å². The molecule has 0 amide bonds. The molecule has 110 valence electrons. The van der Waals surface area contributed by atoms with Crippen molar-refractivity contribution >= 4 is 34.0 Å². The highest BCUT2D eigenvalue weighted by atomic mass is 32.3. The summed E-state index contributed by atoms with van der Waals surface area (Å²) in [5, 5.41) is 0. The van der Waals surface area contributed by atoms with Gasteiger partial charge in [-0.1, -0.05) is 22.9 Å². The molecule has 0 aromatic heterocycles. The smallest absolute Gasteiger partial charge is 0.197 e. The predicted molar refractivity (Wildman–Crippen MR) is 87.6 cm³/mol. The number of rotatable bonds is 1. The molecule has 2 aromatic rings. The van der Waals surface area contributed by atoms with Gasteiger partial charge in [-0.15, -0.1) is 11.8 Å². The van der Waals surface area contributed by atoms with Crippen LogP contribution in [-0.2, 0) is 0 Å². The van der Waals surface area contributed by atoms with Gasteiger partial charge in [-0.2, -0.15) is 0 Å². The summed E-state index contributed by atoms with van der Waals surface area (Å²) in [6, 6.07) is 12.2. The van der Waals surface area contributed by atoms with E-state index in [-0.39, 0.29) is 10.7 Å². The Morgan fingerprint density at radius 1 is 1.10 bits per heavy atom. The van der Waals surface area contributed by atoms with E-state index in [4.69, 9.17) is 0 Å². The largest absolute Gasteiger partial charge is 0.288 e. The summed E-state index contributed by atoms with van der Waals surface area (Å²) in [6.45, 7) is 0. The van der Waals surface area contributed by atoms with Gasteiger partial charge in [0.15, 0.2) is 5.78 Å². The molecule has 1 heterocycles. The molecule has 0 atom stereocenters. The van der Waals surface area contributed by atoms with Gasteiger partial charge in [0.2, 0.25) is 0 Å². The Bertz CT molecular complexity index is 731. The second kappa shape index (κ2) is 5.06. The second-order valence-electron chi connectivity index (χ2n) is 4.72. The number of carbonyl (C=O) groups excluding carboxylic acids is 1. The lowest BCUT2D eigenvalue weighted by Crippen LogP contribution is -2.22. The minimum Gasteiger partial charge on any atom is -0.288 e. The number of nitrogens with zero attached hydrogens (tertiary/aromatic N) is 1. The third-order valence-electron chi connectivity index (χ3n) is 3.60. The van der Waals surface area contributed by atoms with Crippen LogP contribution in [0.15, 0.2) is 52.3 Å². The van der Waals surface area contributed by atoms with Crippen LogP contribution in [0.4, 0.5) is 5.69 Å². The molecule has 3 rings (SSSR count). The number of thioether (sulfide) groups is 1. The Kier molecular flexibility index (Phi) is 3.49. The number of hydrogen-bond donors (Lipinski definition) is 2. The lowest BCUT2D eigenvalue weighted by atomic mass is 10.0. The first-order chi connectivity index (χ1) is 9.96. The third kappa shape index (κ3) is 2.15. The number of carbonyl (C=O) groups is 1. The summed E-state index contributed by atoms with van der Waals surface area (Å²) in [6.07, 6.45) is 1.91. The Hall–Kier alpha value is -1.47. The van der Waals surface area contributed by atoms with E-state index in [1.54, 1.807) is 43.4 Å². The molecular weight excluding hydrogens is 306 g/mol. The molecule has 0 radical (unpaired) electrons. The number of hydrogen-bond acceptors (Lipinski definition) is 5. The average Bonchev–Trinajstić information content (AvgIpc) is 2.57. The zero-order chi connectivity index (χ0) is 15.2. The number of anilines is 1. The molecule has 1 aliphatic heterocycles. The van der Waals surface area contributed by atoms with E-state index in [9.17, 15) is 13.9 Å². The van der Waals surface area contributed by atoms with Crippen LogP contribution >= 0.6 is 22.5 Å². The molecule has 0 saturated heterocycles. The van der Waals surface area contributed by atoms with E-state index in [0.717, 1.165) is 4.90 Å². The van der Waals surface area contributed by atoms with Crippen LogP contribution in [0.1, 0.15) is 15.9 Å². The SMILES string of the molecule is CSc1ccc2c(c1)S(O)(O)N(C)c1ccccc1C2=O. The van der Waals surface area contributed by atoms with Crippen LogP contribution in [0, 0.1) is 0 Å². The molecule has 2 aromatic carbocycles. The van der Waals surface area contributed by atoms with Crippen molar-refractivity contribution < 1.29 is 13.9 Å². The molecule has 0 spiro atoms. The Morgan fingerprint density at radius 2 is 1.81 bits per heavy atom. The summed E-state index contributed by atoms with van der Waals surface area (Å²) in [4.78, 5) is 13.9. The van der Waals surface area contributed by atoms with Gasteiger partial charge in [-0.25, -0.2) is 0 Å². The van der Waals surface area contributed by atoms with Crippen LogP contribution in [0.25, 0.3) is 0 Å². The minimum atomic E-state index is -3.24. The van der Waals surface area contributed by atoms with E-state index in [1.807, 2.05) is 12.3 Å². The summed E-state index contributed by atoms with van der Waals surface area (Å²) < 4.78 is 22.7. The quantitative estimate of drug-likeness (QED) is 0.774. The normalized spacial score (nSPS) is 17.7. The van der Waals surface area contributed by atoms with E-state index < -0.39 is 10.8 Å². The number of ketones is 1. The minimum absolute atomic E-state index is 0.183. The first-order valence-electron chi connectivity index (χ1n) is 6.30. The molecule has 0 saturated carbocycles. The van der Waals surface area contributed by atoms with Crippen LogP contribution in [0.2, 0.25) is 0 Å². The topological polar surface area (TPSA) is 60.8 Å². The molecule has 4 nitrogen and oxygen atoms in total. The fourth-order valence-electron chi connectivity index (χ4n) is 2.41. The van der Waals surface area contributed by atoms with E-state index in [0.29, 0.717) is 16.8 Å². The number of para-hydroxylation sites is 1. The van der Waals surface area contributed by atoms with Crippen molar-refractivity contribution in [2.24, 2.45) is 0 Å². The highest BCUT2D eigenvalue weighted by molar-refractivity contribution is 8.25. The Labute approximate surface area is 129 Å². The summed E-state index contributed by atoms with van der Waals surface area (Å²) in [5.74, 6) is -0.183. The zero-order valence-corrected chi connectivity index (χ0v) is 13.2. The van der Waals surface area contributed by atoms with Gasteiger partial charge < -0.3 is 0 Å². The fourth-order valence-corrected chi connectivity index (χ4v) is 4.40. The van der Waals surface area contributed by atoms with E-state index >= 15 is 0 Å². The van der Waals surface area contributed by atoms with Gasteiger partial charge in [-0.05, 0) is 36.6 Å². The maximum Gasteiger partial charge on any atom is 0.197 e. The maximum absolute atomic E-state index is 12.7. The van der Waals surface area contributed by atoms with Crippen molar-refractivity contribution in [1.29, 1.82) is 0 Å². The average molecular weight is 321 g/mol. The summed E-state index contributed by atoms with van der Waals surface area (Å²) in [7, 11) is -1.64. The molecular formula is C15H15NO3S2. The number of fused-ring (bicyclic) bond motifs is 2. The third-order valence-corrected chi connectivity index (χ3v) is 6.21. The van der Waals surface area contributed by atoms with Crippen molar-refractivity contribution in [3.8, 4) is 0 Å². The Morgan fingerprint density at radius 3 is 2.52 bits per heavy atom. The number of benzene rings is 2. The zero-order valence-electron chi connectivity index (χ0n) is 11.6. The Balaban J connectivity index is 2.33. The molecule has 2 N–H and O–H groups in total. The van der Waals surface area contributed by atoms with Crippen LogP contribution in [-0.4, -0.2) is 28.2 Å². The molecule has 0 fully saturated rings. The predicted octanol–water partition coefficient (Wildman–Crippen LogP) is 4.11. The van der Waals surface area contributed by atoms with Crippen LogP contribution < -0.4 is 4.31 Å². The van der Waals surface area contributed by atoms with Gasteiger partial charge >= 0.3 is 0 Å². The first-order valence-corrected chi connectivity index (χ1v) is 9.03. The van der Waals surface area contributed by atoms with Gasteiger partial charge in [0.05, 0.1) is 10.6 Å². The van der Waals surface area contributed by atoms with Crippen LogP contribution in [0.3, 0.4) is 0 Å². The summed E-state index contributed by atoms with van der Waals surface area (Å²) >= 11 is 1.50. The molecule has 0 aliphatic carbocycles. The molecule has 21 heavy (non-hydrogen) atoms. The lowest BCUT2D eigenvalue weighted by molar-refractivity contribution is 0.103. The first kappa shape index (κ1) is 14.5. The van der Waals surface area contributed by atoms with Crippen molar-refractivity contribution in [3.63, 3.8) is 0 Å². The monoisotopic (exact) mass is 321 g/mol. The van der Waals surface area contributed by atoms with Gasteiger partial charge in [0.25, 0.3) is 0 Å². The highest BCUT2D eigenvalue weighted by Crippen LogP contribution is 2.57. The maximum atomic E-state index is 12.7. The van der Waals surface area contributed by atoms with Gasteiger partial charge in [0.1, 0.15) is 0 Å². The van der Waals surface area contributed by atoms with Crippen molar-refractivity contribution in [2.45, 2.75) is 9.79 Å². The summed E-state index contributed by atoms with van der Waals surface area (Å²) in [5.41, 5.74) is 1.37. The molecule has 1 aliphatic rings. The lowest BCUT2D eigenvalue weighted by Gasteiger charge is -2.41. The second-order valence-corrected chi connectivity index (χ2v) is 7.63. The van der Waals surface area contributed by atoms with Gasteiger partial charge in [-0.3, -0.25) is 18.2 Å². The van der Waals surface area contributed by atoms with Crippen LogP contribution in [0.5, 0.6) is 0 Å². The standard InChI is InChI=1S/C15H15NO3S2/c1-16-13-6-4-3-5-11(13)15(17)12-8-7-10(20-2)9-14(12)21(16,18)19/h3-9,18-19H,1-2H3. The molecule has 6 heteroatoms. The van der Waals surface area contributed by atoms with Crippen molar-refractivity contribution in [1.82, 2.24) is 0 Å². The van der Waals surface area contributed by atoms with Crippen molar-refractivity contribution in [3.05, 3.63) is 53.6 Å². The highest BCUT2D eigenvalue weighted by Gasteiger charge is 2.34. The van der Waals surface area contributed by atoms with E-state index in [2.05, 4.69) is 0 Å². The fraction of sp³-hybridized carbons (Fsp3) is 0.133. The van der Waals surface area contributed by atoms with E-state index in [1.165, 1.54) is 16.1 Å². The molecule has 0 bridgehead atoms.